The Bertz CT molecular complexity index is 879. The molecule has 1 aromatic carbocycles. The Kier molecular flexibility index (Phi) is 9.77. The SMILES string of the molecule is CCCCCCCN1CC[C@@H](CC[C@@H](O)c2ccnc3ccc(OC)cc23)[C@@H](CC#N)C1. The van der Waals surface area contributed by atoms with Crippen molar-refractivity contribution in [1.82, 2.24) is 9.88 Å². The first-order valence-electron chi connectivity index (χ1n) is 12.4. The lowest BCUT2D eigenvalue weighted by Gasteiger charge is -2.38. The molecule has 1 aliphatic rings. The summed E-state index contributed by atoms with van der Waals surface area (Å²) in [5, 5.41) is 21.4. The Morgan fingerprint density at radius 1 is 1.22 bits per heavy atom. The molecule has 1 aliphatic heterocycles. The predicted octanol–water partition coefficient (Wildman–Crippen LogP) is 5.88. The number of hydrogen-bond donors (Lipinski definition) is 1. The number of hydrogen-bond acceptors (Lipinski definition) is 5. The van der Waals surface area contributed by atoms with Gasteiger partial charge in [0, 0.05) is 24.5 Å². The van der Waals surface area contributed by atoms with Crippen LogP contribution in [0.25, 0.3) is 10.9 Å². The van der Waals surface area contributed by atoms with Crippen LogP contribution in [-0.2, 0) is 0 Å². The first-order chi connectivity index (χ1) is 15.7. The molecule has 1 aromatic heterocycles. The van der Waals surface area contributed by atoms with Crippen molar-refractivity contribution in [2.24, 2.45) is 11.8 Å². The van der Waals surface area contributed by atoms with E-state index in [2.05, 4.69) is 22.9 Å². The molecule has 174 valence electrons. The van der Waals surface area contributed by atoms with E-state index in [9.17, 15) is 10.4 Å². The number of methoxy groups -OCH3 is 1. The Morgan fingerprint density at radius 3 is 2.84 bits per heavy atom. The lowest BCUT2D eigenvalue weighted by molar-refractivity contribution is 0.0941. The minimum Gasteiger partial charge on any atom is -0.497 e. The van der Waals surface area contributed by atoms with Crippen LogP contribution >= 0.6 is 0 Å². The summed E-state index contributed by atoms with van der Waals surface area (Å²) in [6, 6.07) is 10.1. The molecule has 5 nitrogen and oxygen atoms in total. The van der Waals surface area contributed by atoms with Crippen molar-refractivity contribution < 1.29 is 9.84 Å². The second kappa shape index (κ2) is 12.8. The molecule has 0 spiro atoms. The van der Waals surface area contributed by atoms with Gasteiger partial charge in [-0.2, -0.15) is 5.26 Å². The lowest BCUT2D eigenvalue weighted by atomic mass is 9.79. The van der Waals surface area contributed by atoms with Crippen LogP contribution in [0.4, 0.5) is 0 Å². The molecule has 0 aliphatic carbocycles. The van der Waals surface area contributed by atoms with Crippen LogP contribution in [0, 0.1) is 23.2 Å². The number of nitriles is 1. The molecule has 0 saturated carbocycles. The van der Waals surface area contributed by atoms with Gasteiger partial charge in [-0.05, 0) is 80.4 Å². The number of aromatic nitrogens is 1. The summed E-state index contributed by atoms with van der Waals surface area (Å²) in [6.07, 6.45) is 11.2. The monoisotopic (exact) mass is 437 g/mol. The van der Waals surface area contributed by atoms with Gasteiger partial charge in [-0.1, -0.05) is 32.6 Å². The highest BCUT2D eigenvalue weighted by Gasteiger charge is 2.29. The molecular weight excluding hydrogens is 398 g/mol. The normalized spacial score (nSPS) is 20.2. The van der Waals surface area contributed by atoms with Crippen LogP contribution in [0.3, 0.4) is 0 Å². The van der Waals surface area contributed by atoms with Gasteiger partial charge in [-0.15, -0.1) is 0 Å². The third kappa shape index (κ3) is 6.67. The van der Waals surface area contributed by atoms with E-state index in [1.807, 2.05) is 24.3 Å². The molecule has 32 heavy (non-hydrogen) atoms. The molecule has 3 atom stereocenters. The van der Waals surface area contributed by atoms with Gasteiger partial charge in [0.2, 0.25) is 0 Å². The highest BCUT2D eigenvalue weighted by Crippen LogP contribution is 2.34. The van der Waals surface area contributed by atoms with Crippen LogP contribution in [0.15, 0.2) is 30.5 Å². The van der Waals surface area contributed by atoms with Crippen LogP contribution in [0.5, 0.6) is 5.75 Å². The Hall–Kier alpha value is -2.16. The van der Waals surface area contributed by atoms with Gasteiger partial charge in [0.1, 0.15) is 5.75 Å². The second-order valence-corrected chi connectivity index (χ2v) is 9.26. The zero-order valence-electron chi connectivity index (χ0n) is 19.8. The summed E-state index contributed by atoms with van der Waals surface area (Å²) in [6.45, 7) is 5.55. The van der Waals surface area contributed by atoms with E-state index in [-0.39, 0.29) is 0 Å². The first-order valence-corrected chi connectivity index (χ1v) is 12.4. The maximum absolute atomic E-state index is 11.0. The highest BCUT2D eigenvalue weighted by molar-refractivity contribution is 5.83. The number of likely N-dealkylation sites (tertiary alicyclic amines) is 1. The van der Waals surface area contributed by atoms with Crippen molar-refractivity contribution in [2.45, 2.75) is 70.8 Å². The average molecular weight is 438 g/mol. The number of nitrogens with zero attached hydrogens (tertiary/aromatic N) is 3. The molecule has 0 amide bonds. The number of fused-ring (bicyclic) bond motifs is 1. The van der Waals surface area contributed by atoms with E-state index in [4.69, 9.17) is 4.74 Å². The zero-order chi connectivity index (χ0) is 22.8. The third-order valence-electron chi connectivity index (χ3n) is 7.06. The number of unbranched alkanes of at least 4 members (excludes halogenated alkanes) is 4. The number of ether oxygens (including phenoxy) is 1. The lowest BCUT2D eigenvalue weighted by Crippen LogP contribution is -2.41. The van der Waals surface area contributed by atoms with Gasteiger partial charge >= 0.3 is 0 Å². The van der Waals surface area contributed by atoms with E-state index in [0.717, 1.165) is 54.7 Å². The largest absolute Gasteiger partial charge is 0.497 e. The maximum Gasteiger partial charge on any atom is 0.119 e. The second-order valence-electron chi connectivity index (χ2n) is 9.26. The molecule has 5 heteroatoms. The number of pyridine rings is 1. The molecule has 3 rings (SSSR count). The fourth-order valence-electron chi connectivity index (χ4n) is 5.12. The van der Waals surface area contributed by atoms with Gasteiger partial charge in [0.15, 0.2) is 0 Å². The molecule has 2 aromatic rings. The van der Waals surface area contributed by atoms with E-state index in [1.165, 1.54) is 32.1 Å². The van der Waals surface area contributed by atoms with Crippen LogP contribution < -0.4 is 4.74 Å². The van der Waals surface area contributed by atoms with Crippen molar-refractivity contribution in [2.75, 3.05) is 26.7 Å². The van der Waals surface area contributed by atoms with E-state index in [0.29, 0.717) is 24.7 Å². The quantitative estimate of drug-likeness (QED) is 0.420. The number of aliphatic hydroxyl groups excluding tert-OH is 1. The summed E-state index contributed by atoms with van der Waals surface area (Å²) in [4.78, 5) is 6.99. The highest BCUT2D eigenvalue weighted by atomic mass is 16.5. The van der Waals surface area contributed by atoms with Crippen molar-refractivity contribution in [3.05, 3.63) is 36.0 Å². The molecule has 2 heterocycles. The van der Waals surface area contributed by atoms with E-state index in [1.54, 1.807) is 13.3 Å². The number of piperidine rings is 1. The minimum absolute atomic E-state index is 0.408. The Morgan fingerprint density at radius 2 is 2.06 bits per heavy atom. The van der Waals surface area contributed by atoms with Crippen molar-refractivity contribution in [3.8, 4) is 11.8 Å². The summed E-state index contributed by atoms with van der Waals surface area (Å²) >= 11 is 0. The van der Waals surface area contributed by atoms with Crippen molar-refractivity contribution >= 4 is 10.9 Å². The fourth-order valence-corrected chi connectivity index (χ4v) is 5.12. The Balaban J connectivity index is 1.56. The maximum atomic E-state index is 11.0. The van der Waals surface area contributed by atoms with Crippen LogP contribution in [0.2, 0.25) is 0 Å². The first kappa shape index (κ1) is 24.5. The van der Waals surface area contributed by atoms with E-state index < -0.39 is 6.10 Å². The van der Waals surface area contributed by atoms with Crippen molar-refractivity contribution in [3.63, 3.8) is 0 Å². The molecule has 1 fully saturated rings. The summed E-state index contributed by atoms with van der Waals surface area (Å²) < 4.78 is 5.37. The van der Waals surface area contributed by atoms with Crippen molar-refractivity contribution in [1.29, 1.82) is 5.26 Å². The number of aliphatic hydroxyl groups is 1. The topological polar surface area (TPSA) is 69.4 Å². The van der Waals surface area contributed by atoms with Gasteiger partial charge in [-0.3, -0.25) is 4.98 Å². The molecule has 0 bridgehead atoms. The van der Waals surface area contributed by atoms with Gasteiger partial charge < -0.3 is 14.7 Å². The molecular formula is C27H39N3O2. The summed E-state index contributed by atoms with van der Waals surface area (Å²) in [5.74, 6) is 1.68. The summed E-state index contributed by atoms with van der Waals surface area (Å²) in [7, 11) is 1.65. The smallest absolute Gasteiger partial charge is 0.119 e. The summed E-state index contributed by atoms with van der Waals surface area (Å²) in [5.41, 5.74) is 1.78. The predicted molar refractivity (Wildman–Crippen MR) is 130 cm³/mol. The standard InChI is InChI=1S/C27H39N3O2/c1-3-4-5-6-7-17-30-18-14-21(22(20-30)12-15-28)8-11-27(31)24-13-16-29-26-10-9-23(32-2)19-25(24)26/h9-10,13,16,19,21-22,27,31H,3-8,11-12,14,17-18,20H2,1-2H3/t21-,22+,27-/m1/s1. The number of rotatable bonds is 12. The zero-order valence-corrected chi connectivity index (χ0v) is 19.8. The van der Waals surface area contributed by atoms with E-state index >= 15 is 0 Å². The Labute approximate surface area is 193 Å². The minimum atomic E-state index is -0.535. The molecule has 0 unspecified atom stereocenters. The number of benzene rings is 1. The fraction of sp³-hybridized carbons (Fsp3) is 0.630. The molecule has 0 radical (unpaired) electrons. The average Bonchev–Trinajstić information content (AvgIpc) is 2.82. The molecule has 1 N–H and O–H groups in total. The molecule has 1 saturated heterocycles. The van der Waals surface area contributed by atoms with Crippen LogP contribution in [0.1, 0.15) is 76.4 Å². The third-order valence-corrected chi connectivity index (χ3v) is 7.06. The van der Waals surface area contributed by atoms with Crippen LogP contribution in [-0.4, -0.2) is 41.7 Å². The van der Waals surface area contributed by atoms with Gasteiger partial charge in [-0.25, -0.2) is 0 Å². The van der Waals surface area contributed by atoms with Gasteiger partial charge in [0.05, 0.1) is 24.8 Å². The van der Waals surface area contributed by atoms with Gasteiger partial charge in [0.25, 0.3) is 0 Å².